The molecule has 1 atom stereocenters. The average molecular weight is 345 g/mol. The SMILES string of the molecule is CC.CCCCCOc1ccc(C2=CCC(C(=O)C(C)C)CC2)cc1. The maximum atomic E-state index is 12.1. The Kier molecular flexibility index (Phi) is 10.2. The van der Waals surface area contributed by atoms with E-state index in [0.29, 0.717) is 5.78 Å². The van der Waals surface area contributed by atoms with Gasteiger partial charge in [0.2, 0.25) is 0 Å². The van der Waals surface area contributed by atoms with Gasteiger partial charge in [-0.05, 0) is 49.0 Å². The molecule has 0 spiro atoms. The Morgan fingerprint density at radius 3 is 2.36 bits per heavy atom. The molecule has 1 aromatic rings. The van der Waals surface area contributed by atoms with E-state index in [2.05, 4.69) is 37.3 Å². The Labute approximate surface area is 154 Å². The summed E-state index contributed by atoms with van der Waals surface area (Å²) in [5.41, 5.74) is 2.64. The number of benzene rings is 1. The summed E-state index contributed by atoms with van der Waals surface area (Å²) in [6.07, 6.45) is 8.69. The van der Waals surface area contributed by atoms with E-state index in [0.717, 1.165) is 38.0 Å². The van der Waals surface area contributed by atoms with Crippen LogP contribution < -0.4 is 4.74 Å². The highest BCUT2D eigenvalue weighted by atomic mass is 16.5. The summed E-state index contributed by atoms with van der Waals surface area (Å²) in [6, 6.07) is 8.41. The predicted molar refractivity (Wildman–Crippen MR) is 108 cm³/mol. The van der Waals surface area contributed by atoms with E-state index in [4.69, 9.17) is 4.74 Å². The second kappa shape index (κ2) is 11.9. The largest absolute Gasteiger partial charge is 0.494 e. The topological polar surface area (TPSA) is 26.3 Å². The summed E-state index contributed by atoms with van der Waals surface area (Å²) in [5.74, 6) is 1.74. The third-order valence-electron chi connectivity index (χ3n) is 4.62. The van der Waals surface area contributed by atoms with Gasteiger partial charge in [-0.3, -0.25) is 4.79 Å². The lowest BCUT2D eigenvalue weighted by Gasteiger charge is -2.22. The molecule has 0 heterocycles. The predicted octanol–water partition coefficient (Wildman–Crippen LogP) is 6.69. The van der Waals surface area contributed by atoms with Crippen molar-refractivity contribution in [1.82, 2.24) is 0 Å². The zero-order valence-corrected chi connectivity index (χ0v) is 16.8. The van der Waals surface area contributed by atoms with E-state index < -0.39 is 0 Å². The third kappa shape index (κ3) is 7.05. The Morgan fingerprint density at radius 2 is 1.84 bits per heavy atom. The number of hydrogen-bond donors (Lipinski definition) is 0. The zero-order chi connectivity index (χ0) is 18.7. The van der Waals surface area contributed by atoms with Gasteiger partial charge in [0.25, 0.3) is 0 Å². The Morgan fingerprint density at radius 1 is 1.16 bits per heavy atom. The lowest BCUT2D eigenvalue weighted by Crippen LogP contribution is -2.21. The number of unbranched alkanes of at least 4 members (excludes halogenated alkanes) is 2. The molecule has 2 rings (SSSR count). The fraction of sp³-hybridized carbons (Fsp3) is 0.609. The first-order valence-corrected chi connectivity index (χ1v) is 10.1. The Bertz CT molecular complexity index is 526. The van der Waals surface area contributed by atoms with Crippen molar-refractivity contribution >= 4 is 11.4 Å². The smallest absolute Gasteiger partial charge is 0.138 e. The van der Waals surface area contributed by atoms with Gasteiger partial charge in [0, 0.05) is 11.8 Å². The van der Waals surface area contributed by atoms with Crippen LogP contribution in [0.1, 0.15) is 78.7 Å². The first-order chi connectivity index (χ1) is 12.1. The standard InChI is InChI=1S/C21H30O2.C2H6/c1-4-5-6-15-23-20-13-11-18(12-14-20)17-7-9-19(10-8-17)21(22)16(2)3;1-2/h7,11-14,16,19H,4-6,8-10,15H2,1-3H3;1-2H3. The van der Waals surface area contributed by atoms with Crippen molar-refractivity contribution in [3.63, 3.8) is 0 Å². The van der Waals surface area contributed by atoms with Crippen molar-refractivity contribution < 1.29 is 9.53 Å². The molecule has 0 N–H and O–H groups in total. The van der Waals surface area contributed by atoms with E-state index in [1.807, 2.05) is 27.7 Å². The van der Waals surface area contributed by atoms with Gasteiger partial charge in [-0.1, -0.05) is 65.7 Å². The van der Waals surface area contributed by atoms with Gasteiger partial charge in [-0.15, -0.1) is 0 Å². The monoisotopic (exact) mass is 344 g/mol. The Hall–Kier alpha value is -1.57. The molecule has 0 fully saturated rings. The van der Waals surface area contributed by atoms with Crippen LogP contribution >= 0.6 is 0 Å². The van der Waals surface area contributed by atoms with E-state index in [9.17, 15) is 4.79 Å². The summed E-state index contributed by atoms with van der Waals surface area (Å²) in [6.45, 7) is 11.0. The molecule has 0 aliphatic heterocycles. The quantitative estimate of drug-likeness (QED) is 0.491. The van der Waals surface area contributed by atoms with Crippen LogP contribution in [0.4, 0.5) is 0 Å². The molecular weight excluding hydrogens is 308 g/mol. The molecule has 1 aliphatic carbocycles. The van der Waals surface area contributed by atoms with Crippen LogP contribution in [-0.2, 0) is 4.79 Å². The number of carbonyl (C=O) groups excluding carboxylic acids is 1. The highest BCUT2D eigenvalue weighted by Gasteiger charge is 2.23. The summed E-state index contributed by atoms with van der Waals surface area (Å²) in [5, 5.41) is 0. The zero-order valence-electron chi connectivity index (χ0n) is 16.8. The summed E-state index contributed by atoms with van der Waals surface area (Å²) in [7, 11) is 0. The molecule has 1 aromatic carbocycles. The minimum absolute atomic E-state index is 0.152. The van der Waals surface area contributed by atoms with Crippen molar-refractivity contribution in [3.05, 3.63) is 35.9 Å². The second-order valence-corrected chi connectivity index (χ2v) is 6.84. The van der Waals surface area contributed by atoms with E-state index in [1.54, 1.807) is 0 Å². The van der Waals surface area contributed by atoms with Gasteiger partial charge in [-0.2, -0.15) is 0 Å². The van der Waals surface area contributed by atoms with Crippen LogP contribution in [-0.4, -0.2) is 12.4 Å². The molecule has 1 aliphatic rings. The summed E-state index contributed by atoms with van der Waals surface area (Å²) >= 11 is 0. The fourth-order valence-corrected chi connectivity index (χ4v) is 3.13. The van der Waals surface area contributed by atoms with Crippen molar-refractivity contribution in [3.8, 4) is 5.75 Å². The number of ether oxygens (including phenoxy) is 1. The maximum Gasteiger partial charge on any atom is 0.138 e. The number of hydrogen-bond acceptors (Lipinski definition) is 2. The minimum atomic E-state index is 0.152. The lowest BCUT2D eigenvalue weighted by molar-refractivity contribution is -0.126. The molecule has 1 unspecified atom stereocenters. The number of Topliss-reactive ketones (excluding diaryl/α,β-unsaturated/α-hetero) is 1. The average Bonchev–Trinajstić information content (AvgIpc) is 2.67. The maximum absolute atomic E-state index is 12.1. The summed E-state index contributed by atoms with van der Waals surface area (Å²) < 4.78 is 5.76. The van der Waals surface area contributed by atoms with Gasteiger partial charge in [-0.25, -0.2) is 0 Å². The number of carbonyl (C=O) groups is 1. The molecular formula is C23H36O2. The van der Waals surface area contributed by atoms with Gasteiger partial charge in [0.15, 0.2) is 0 Å². The number of ketones is 1. The second-order valence-electron chi connectivity index (χ2n) is 6.84. The van der Waals surface area contributed by atoms with Gasteiger partial charge in [0.1, 0.15) is 11.5 Å². The number of allylic oxidation sites excluding steroid dienone is 2. The normalized spacial score (nSPS) is 16.7. The third-order valence-corrected chi connectivity index (χ3v) is 4.62. The molecule has 0 amide bonds. The molecule has 2 nitrogen and oxygen atoms in total. The van der Waals surface area contributed by atoms with Crippen molar-refractivity contribution in [2.75, 3.05) is 6.61 Å². The van der Waals surface area contributed by atoms with Crippen LogP contribution in [0.25, 0.3) is 5.57 Å². The van der Waals surface area contributed by atoms with Crippen LogP contribution in [0.3, 0.4) is 0 Å². The lowest BCUT2D eigenvalue weighted by atomic mass is 9.81. The minimum Gasteiger partial charge on any atom is -0.494 e. The van der Waals surface area contributed by atoms with Crippen molar-refractivity contribution in [2.24, 2.45) is 11.8 Å². The van der Waals surface area contributed by atoms with Crippen LogP contribution in [0, 0.1) is 11.8 Å². The van der Waals surface area contributed by atoms with E-state index in [1.165, 1.54) is 24.0 Å². The highest BCUT2D eigenvalue weighted by Crippen LogP contribution is 2.32. The van der Waals surface area contributed by atoms with E-state index >= 15 is 0 Å². The van der Waals surface area contributed by atoms with Crippen LogP contribution in [0.15, 0.2) is 30.3 Å². The molecule has 25 heavy (non-hydrogen) atoms. The molecule has 140 valence electrons. The van der Waals surface area contributed by atoms with Gasteiger partial charge in [0.05, 0.1) is 6.61 Å². The first-order valence-electron chi connectivity index (χ1n) is 10.1. The molecule has 2 heteroatoms. The molecule has 0 radical (unpaired) electrons. The highest BCUT2D eigenvalue weighted by molar-refractivity contribution is 5.84. The van der Waals surface area contributed by atoms with E-state index in [-0.39, 0.29) is 11.8 Å². The van der Waals surface area contributed by atoms with Crippen molar-refractivity contribution in [2.45, 2.75) is 73.1 Å². The Balaban J connectivity index is 0.00000151. The summed E-state index contributed by atoms with van der Waals surface area (Å²) in [4.78, 5) is 12.1. The molecule has 0 saturated carbocycles. The van der Waals surface area contributed by atoms with Gasteiger partial charge >= 0.3 is 0 Å². The first kappa shape index (κ1) is 21.5. The van der Waals surface area contributed by atoms with Gasteiger partial charge < -0.3 is 4.74 Å². The fourth-order valence-electron chi connectivity index (χ4n) is 3.13. The number of rotatable bonds is 8. The van der Waals surface area contributed by atoms with Crippen molar-refractivity contribution in [1.29, 1.82) is 0 Å². The molecule has 0 aromatic heterocycles. The molecule has 0 saturated heterocycles. The van der Waals surface area contributed by atoms with Crippen LogP contribution in [0.2, 0.25) is 0 Å². The van der Waals surface area contributed by atoms with Crippen LogP contribution in [0.5, 0.6) is 5.75 Å². The molecule has 0 bridgehead atoms.